The highest BCUT2D eigenvalue weighted by Crippen LogP contribution is 2.36. The van der Waals surface area contributed by atoms with E-state index >= 15 is 0 Å². The van der Waals surface area contributed by atoms with Crippen molar-refractivity contribution in [2.75, 3.05) is 5.73 Å². The van der Waals surface area contributed by atoms with E-state index in [4.69, 9.17) is 11.5 Å². The first kappa shape index (κ1) is 11.7. The average molecular weight is 240 g/mol. The van der Waals surface area contributed by atoms with Crippen LogP contribution in [0.25, 0.3) is 0 Å². The second-order valence-corrected chi connectivity index (χ2v) is 5.57. The predicted octanol–water partition coefficient (Wildman–Crippen LogP) is 2.77. The number of thioether (sulfide) groups is 1. The molecule has 0 spiro atoms. The standard InChI is InChI=1S/C12H17FN2S/c13-8-5-6-10(15)12(7-8)16-11-4-2-1-3-9(11)14/h5-7,9,11H,1-4,14-15H2. The van der Waals surface area contributed by atoms with E-state index in [1.165, 1.54) is 25.0 Å². The van der Waals surface area contributed by atoms with Crippen molar-refractivity contribution in [3.8, 4) is 0 Å². The molecule has 16 heavy (non-hydrogen) atoms. The summed E-state index contributed by atoms with van der Waals surface area (Å²) >= 11 is 1.62. The van der Waals surface area contributed by atoms with E-state index in [1.54, 1.807) is 17.8 Å². The van der Waals surface area contributed by atoms with Crippen LogP contribution in [0.2, 0.25) is 0 Å². The van der Waals surface area contributed by atoms with Crippen molar-refractivity contribution in [1.29, 1.82) is 0 Å². The molecule has 0 aliphatic heterocycles. The highest BCUT2D eigenvalue weighted by molar-refractivity contribution is 8.00. The number of nitrogen functional groups attached to an aromatic ring is 1. The molecule has 1 saturated carbocycles. The van der Waals surface area contributed by atoms with Gasteiger partial charge in [0.2, 0.25) is 0 Å². The van der Waals surface area contributed by atoms with E-state index < -0.39 is 0 Å². The minimum atomic E-state index is -0.235. The molecule has 4 N–H and O–H groups in total. The molecule has 1 aliphatic rings. The van der Waals surface area contributed by atoms with Crippen LogP contribution in [0.5, 0.6) is 0 Å². The Bertz CT molecular complexity index is 370. The van der Waals surface area contributed by atoms with Crippen molar-refractivity contribution < 1.29 is 4.39 Å². The van der Waals surface area contributed by atoms with E-state index in [1.807, 2.05) is 0 Å². The molecule has 2 atom stereocenters. The van der Waals surface area contributed by atoms with Gasteiger partial charge in [0.15, 0.2) is 0 Å². The third-order valence-electron chi connectivity index (χ3n) is 3.01. The zero-order valence-electron chi connectivity index (χ0n) is 9.16. The van der Waals surface area contributed by atoms with Gasteiger partial charge in [0.05, 0.1) is 0 Å². The largest absolute Gasteiger partial charge is 0.398 e. The first-order valence-electron chi connectivity index (χ1n) is 5.64. The summed E-state index contributed by atoms with van der Waals surface area (Å²) in [7, 11) is 0. The Balaban J connectivity index is 2.10. The lowest BCUT2D eigenvalue weighted by Gasteiger charge is -2.28. The van der Waals surface area contributed by atoms with Gasteiger partial charge in [0, 0.05) is 21.9 Å². The van der Waals surface area contributed by atoms with Crippen LogP contribution in [0.1, 0.15) is 25.7 Å². The predicted molar refractivity (Wildman–Crippen MR) is 66.9 cm³/mol. The van der Waals surface area contributed by atoms with Crippen LogP contribution >= 0.6 is 11.8 Å². The zero-order chi connectivity index (χ0) is 11.5. The fourth-order valence-electron chi connectivity index (χ4n) is 2.05. The molecular formula is C12H17FN2S. The summed E-state index contributed by atoms with van der Waals surface area (Å²) in [6, 6.07) is 4.72. The van der Waals surface area contributed by atoms with Gasteiger partial charge in [-0.2, -0.15) is 0 Å². The molecule has 0 heterocycles. The normalized spacial score (nSPS) is 25.6. The van der Waals surface area contributed by atoms with Crippen LogP contribution in [0.3, 0.4) is 0 Å². The van der Waals surface area contributed by atoms with E-state index in [2.05, 4.69) is 0 Å². The third-order valence-corrected chi connectivity index (χ3v) is 4.50. The fourth-order valence-corrected chi connectivity index (χ4v) is 3.35. The van der Waals surface area contributed by atoms with Gasteiger partial charge >= 0.3 is 0 Å². The van der Waals surface area contributed by atoms with Crippen molar-refractivity contribution in [1.82, 2.24) is 0 Å². The molecule has 88 valence electrons. The van der Waals surface area contributed by atoms with E-state index in [-0.39, 0.29) is 11.9 Å². The molecule has 0 amide bonds. The summed E-state index contributed by atoms with van der Waals surface area (Å²) in [6.07, 6.45) is 4.58. The molecule has 2 unspecified atom stereocenters. The lowest BCUT2D eigenvalue weighted by atomic mass is 9.96. The molecule has 1 fully saturated rings. The second-order valence-electron chi connectivity index (χ2n) is 4.29. The topological polar surface area (TPSA) is 52.0 Å². The summed E-state index contributed by atoms with van der Waals surface area (Å²) in [4.78, 5) is 0.822. The Hall–Kier alpha value is -0.740. The van der Waals surface area contributed by atoms with Gasteiger partial charge in [0.1, 0.15) is 5.82 Å². The first-order valence-corrected chi connectivity index (χ1v) is 6.52. The molecule has 0 bridgehead atoms. The van der Waals surface area contributed by atoms with Gasteiger partial charge in [-0.05, 0) is 31.0 Å². The number of nitrogens with two attached hydrogens (primary N) is 2. The number of halogens is 1. The van der Waals surface area contributed by atoms with Gasteiger partial charge in [0.25, 0.3) is 0 Å². The monoisotopic (exact) mass is 240 g/mol. The molecule has 2 rings (SSSR count). The Morgan fingerprint density at radius 2 is 2.00 bits per heavy atom. The molecule has 0 aromatic heterocycles. The van der Waals surface area contributed by atoms with E-state index in [0.29, 0.717) is 10.9 Å². The maximum absolute atomic E-state index is 13.1. The van der Waals surface area contributed by atoms with Crippen molar-refractivity contribution in [3.05, 3.63) is 24.0 Å². The average Bonchev–Trinajstić information content (AvgIpc) is 2.27. The molecule has 0 saturated heterocycles. The van der Waals surface area contributed by atoms with Crippen LogP contribution in [0.4, 0.5) is 10.1 Å². The highest BCUT2D eigenvalue weighted by Gasteiger charge is 2.23. The number of hydrogen-bond acceptors (Lipinski definition) is 3. The molecule has 2 nitrogen and oxygen atoms in total. The SMILES string of the molecule is Nc1ccc(F)cc1SC1CCCCC1N. The molecule has 1 aromatic carbocycles. The van der Waals surface area contributed by atoms with E-state index in [9.17, 15) is 4.39 Å². The lowest BCUT2D eigenvalue weighted by molar-refractivity contribution is 0.453. The lowest BCUT2D eigenvalue weighted by Crippen LogP contribution is -2.35. The van der Waals surface area contributed by atoms with Gasteiger partial charge < -0.3 is 11.5 Å². The minimum Gasteiger partial charge on any atom is -0.398 e. The number of hydrogen-bond donors (Lipinski definition) is 2. The molecule has 0 radical (unpaired) electrons. The Kier molecular flexibility index (Phi) is 3.71. The van der Waals surface area contributed by atoms with Gasteiger partial charge in [-0.25, -0.2) is 4.39 Å². The van der Waals surface area contributed by atoms with E-state index in [0.717, 1.165) is 17.7 Å². The summed E-state index contributed by atoms with van der Waals surface area (Å²) in [5, 5.41) is 0.373. The fraction of sp³-hybridized carbons (Fsp3) is 0.500. The molecular weight excluding hydrogens is 223 g/mol. The Morgan fingerprint density at radius 1 is 1.25 bits per heavy atom. The summed E-state index contributed by atoms with van der Waals surface area (Å²) in [5.41, 5.74) is 12.5. The number of rotatable bonds is 2. The number of benzene rings is 1. The summed E-state index contributed by atoms with van der Waals surface area (Å²) < 4.78 is 13.1. The van der Waals surface area contributed by atoms with Gasteiger partial charge in [-0.15, -0.1) is 11.8 Å². The second kappa shape index (κ2) is 5.06. The van der Waals surface area contributed by atoms with Crippen molar-refractivity contribution in [3.63, 3.8) is 0 Å². The molecule has 1 aromatic rings. The number of anilines is 1. The smallest absolute Gasteiger partial charge is 0.124 e. The first-order chi connectivity index (χ1) is 7.66. The van der Waals surface area contributed by atoms with Crippen LogP contribution in [-0.2, 0) is 0 Å². The maximum atomic E-state index is 13.1. The van der Waals surface area contributed by atoms with Crippen molar-refractivity contribution in [2.24, 2.45) is 5.73 Å². The Morgan fingerprint density at radius 3 is 2.75 bits per heavy atom. The highest BCUT2D eigenvalue weighted by atomic mass is 32.2. The molecule has 1 aliphatic carbocycles. The van der Waals surface area contributed by atoms with Gasteiger partial charge in [-0.1, -0.05) is 12.8 Å². The van der Waals surface area contributed by atoms with Crippen LogP contribution in [-0.4, -0.2) is 11.3 Å². The molecule has 4 heteroatoms. The van der Waals surface area contributed by atoms with Crippen LogP contribution in [0, 0.1) is 5.82 Å². The Labute approximate surface area is 99.6 Å². The minimum absolute atomic E-state index is 0.210. The zero-order valence-corrected chi connectivity index (χ0v) is 9.97. The van der Waals surface area contributed by atoms with Crippen molar-refractivity contribution in [2.45, 2.75) is 41.9 Å². The quantitative estimate of drug-likeness (QED) is 0.782. The summed E-state index contributed by atoms with van der Waals surface area (Å²) in [6.45, 7) is 0. The maximum Gasteiger partial charge on any atom is 0.124 e. The van der Waals surface area contributed by atoms with Crippen molar-refractivity contribution >= 4 is 17.4 Å². The van der Waals surface area contributed by atoms with Crippen LogP contribution in [0.15, 0.2) is 23.1 Å². The third kappa shape index (κ3) is 2.68. The summed E-state index contributed by atoms with van der Waals surface area (Å²) in [5.74, 6) is -0.235. The van der Waals surface area contributed by atoms with Crippen LogP contribution < -0.4 is 11.5 Å². The van der Waals surface area contributed by atoms with Gasteiger partial charge in [-0.3, -0.25) is 0 Å².